The number of carbonyl (C=O) groups is 1. The molecule has 0 aliphatic carbocycles. The Morgan fingerprint density at radius 2 is 2.12 bits per heavy atom. The van der Waals surface area contributed by atoms with Crippen molar-refractivity contribution in [2.75, 3.05) is 14.2 Å². The van der Waals surface area contributed by atoms with Gasteiger partial charge in [0, 0.05) is 12.0 Å². The number of ether oxygens (including phenoxy) is 2. The van der Waals surface area contributed by atoms with Gasteiger partial charge in [0.2, 0.25) is 0 Å². The summed E-state index contributed by atoms with van der Waals surface area (Å²) in [7, 11) is 3.04. The van der Waals surface area contributed by atoms with Gasteiger partial charge in [0.05, 0.1) is 20.2 Å². The number of rotatable bonds is 5. The van der Waals surface area contributed by atoms with Crippen molar-refractivity contribution < 1.29 is 25.1 Å². The Labute approximate surface area is 93.8 Å². The maximum atomic E-state index is 10.6. The maximum Gasteiger partial charge on any atom is 0.164 e. The molecule has 1 aromatic carbocycles. The number of methoxy groups -OCH3 is 2. The Bertz CT molecular complexity index is 378. The number of carboxylic acid groups (broad SMARTS) is 1. The predicted molar refractivity (Wildman–Crippen MR) is 54.9 cm³/mol. The molecule has 0 aliphatic heterocycles. The van der Waals surface area contributed by atoms with Crippen LogP contribution in [0.15, 0.2) is 18.2 Å². The molecular weight excluding hydrogens is 210 g/mol. The Morgan fingerprint density at radius 1 is 1.44 bits per heavy atom. The molecule has 0 radical (unpaired) electrons. The molecule has 0 aromatic heterocycles. The van der Waals surface area contributed by atoms with E-state index in [-0.39, 0.29) is 6.42 Å². The van der Waals surface area contributed by atoms with Crippen molar-refractivity contribution in [2.45, 2.75) is 12.5 Å². The molecule has 0 heterocycles. The van der Waals surface area contributed by atoms with Crippen LogP contribution in [0.5, 0.6) is 11.5 Å². The molecule has 5 heteroatoms. The summed E-state index contributed by atoms with van der Waals surface area (Å²) in [6, 6.07) is 4.50. The van der Waals surface area contributed by atoms with Crippen LogP contribution in [0.2, 0.25) is 0 Å². The van der Waals surface area contributed by atoms with Crippen molar-refractivity contribution in [1.82, 2.24) is 0 Å². The SMILES string of the molecule is COc1cccc(C[C@H]([NH3+])C(=O)[O-])c1OC. The molecule has 1 aromatic rings. The summed E-state index contributed by atoms with van der Waals surface area (Å²) in [5, 5.41) is 10.6. The summed E-state index contributed by atoms with van der Waals surface area (Å²) >= 11 is 0. The molecule has 0 spiro atoms. The fourth-order valence-electron chi connectivity index (χ4n) is 1.46. The van der Waals surface area contributed by atoms with Crippen molar-refractivity contribution in [2.24, 2.45) is 0 Å². The van der Waals surface area contributed by atoms with Gasteiger partial charge in [-0.15, -0.1) is 0 Å². The summed E-state index contributed by atoms with van der Waals surface area (Å²) < 4.78 is 10.3. The molecule has 0 bridgehead atoms. The van der Waals surface area contributed by atoms with Crippen molar-refractivity contribution in [3.8, 4) is 11.5 Å². The van der Waals surface area contributed by atoms with Gasteiger partial charge < -0.3 is 25.1 Å². The number of hydrogen-bond acceptors (Lipinski definition) is 4. The van der Waals surface area contributed by atoms with Gasteiger partial charge >= 0.3 is 0 Å². The van der Waals surface area contributed by atoms with Crippen molar-refractivity contribution in [3.63, 3.8) is 0 Å². The van der Waals surface area contributed by atoms with E-state index in [1.54, 1.807) is 18.2 Å². The second-order valence-electron chi connectivity index (χ2n) is 3.37. The van der Waals surface area contributed by atoms with Gasteiger partial charge in [-0.2, -0.15) is 0 Å². The molecule has 0 fully saturated rings. The highest BCUT2D eigenvalue weighted by Crippen LogP contribution is 2.31. The van der Waals surface area contributed by atoms with Crippen LogP contribution in [-0.4, -0.2) is 26.2 Å². The van der Waals surface area contributed by atoms with Crippen molar-refractivity contribution in [3.05, 3.63) is 23.8 Å². The van der Waals surface area contributed by atoms with E-state index < -0.39 is 12.0 Å². The number of para-hydroxylation sites is 1. The molecule has 0 unspecified atom stereocenters. The Balaban J connectivity index is 2.99. The van der Waals surface area contributed by atoms with Crippen LogP contribution in [0.4, 0.5) is 0 Å². The van der Waals surface area contributed by atoms with Gasteiger partial charge in [0.25, 0.3) is 0 Å². The standard InChI is InChI=1S/C11H15NO4/c1-15-9-5-3-4-7(10(9)16-2)6-8(12)11(13)14/h3-5,8H,6,12H2,1-2H3,(H,13,14)/t8-/m0/s1. The zero-order valence-corrected chi connectivity index (χ0v) is 9.36. The topological polar surface area (TPSA) is 86.2 Å². The Morgan fingerprint density at radius 3 is 2.62 bits per heavy atom. The third kappa shape index (κ3) is 2.64. The lowest BCUT2D eigenvalue weighted by Gasteiger charge is -2.14. The number of hydrogen-bond donors (Lipinski definition) is 1. The summed E-state index contributed by atoms with van der Waals surface area (Å²) in [5.74, 6) is -0.0599. The van der Waals surface area contributed by atoms with Crippen LogP contribution in [0.1, 0.15) is 5.56 Å². The number of carboxylic acids is 1. The van der Waals surface area contributed by atoms with E-state index in [1.807, 2.05) is 0 Å². The van der Waals surface area contributed by atoms with E-state index in [9.17, 15) is 9.90 Å². The van der Waals surface area contributed by atoms with Gasteiger partial charge in [-0.25, -0.2) is 0 Å². The normalized spacial score (nSPS) is 11.9. The molecule has 5 nitrogen and oxygen atoms in total. The smallest absolute Gasteiger partial charge is 0.164 e. The first-order valence-electron chi connectivity index (χ1n) is 4.84. The third-order valence-corrected chi connectivity index (χ3v) is 2.28. The summed E-state index contributed by atoms with van der Waals surface area (Å²) in [6.07, 6.45) is 0.253. The number of carbonyl (C=O) groups excluding carboxylic acids is 1. The predicted octanol–water partition coefficient (Wildman–Crippen LogP) is -1.39. The molecule has 1 atom stereocenters. The largest absolute Gasteiger partial charge is 0.544 e. The minimum Gasteiger partial charge on any atom is -0.544 e. The number of quaternary nitrogens is 1. The second-order valence-corrected chi connectivity index (χ2v) is 3.37. The molecule has 0 saturated carbocycles. The lowest BCUT2D eigenvalue weighted by Crippen LogP contribution is -2.69. The quantitative estimate of drug-likeness (QED) is 0.668. The van der Waals surface area contributed by atoms with E-state index in [1.165, 1.54) is 14.2 Å². The molecule has 0 saturated heterocycles. The van der Waals surface area contributed by atoms with E-state index in [4.69, 9.17) is 9.47 Å². The minimum atomic E-state index is -1.18. The van der Waals surface area contributed by atoms with Gasteiger partial charge in [-0.05, 0) is 6.07 Å². The van der Waals surface area contributed by atoms with Gasteiger partial charge in [-0.1, -0.05) is 12.1 Å². The highest BCUT2D eigenvalue weighted by molar-refractivity contribution is 5.70. The average Bonchev–Trinajstić information content (AvgIpc) is 2.28. The highest BCUT2D eigenvalue weighted by atomic mass is 16.5. The first kappa shape index (κ1) is 12.3. The van der Waals surface area contributed by atoms with E-state index in [0.29, 0.717) is 11.5 Å². The molecular formula is C11H15NO4. The molecule has 0 aliphatic rings. The number of aliphatic carboxylic acids is 1. The monoisotopic (exact) mass is 225 g/mol. The molecule has 1 rings (SSSR count). The third-order valence-electron chi connectivity index (χ3n) is 2.28. The zero-order chi connectivity index (χ0) is 12.1. The fourth-order valence-corrected chi connectivity index (χ4v) is 1.46. The maximum absolute atomic E-state index is 10.6. The first-order valence-corrected chi connectivity index (χ1v) is 4.84. The van der Waals surface area contributed by atoms with Crippen LogP contribution in [0.25, 0.3) is 0 Å². The van der Waals surface area contributed by atoms with E-state index in [0.717, 1.165) is 5.56 Å². The van der Waals surface area contributed by atoms with Gasteiger partial charge in [-0.3, -0.25) is 0 Å². The van der Waals surface area contributed by atoms with E-state index >= 15 is 0 Å². The van der Waals surface area contributed by atoms with Gasteiger partial charge in [0.1, 0.15) is 6.04 Å². The molecule has 88 valence electrons. The van der Waals surface area contributed by atoms with Crippen LogP contribution >= 0.6 is 0 Å². The zero-order valence-electron chi connectivity index (χ0n) is 9.36. The van der Waals surface area contributed by atoms with Crippen LogP contribution in [0, 0.1) is 0 Å². The Kier molecular flexibility index (Phi) is 4.13. The Hall–Kier alpha value is -1.75. The average molecular weight is 225 g/mol. The van der Waals surface area contributed by atoms with Crippen LogP contribution in [0.3, 0.4) is 0 Å². The highest BCUT2D eigenvalue weighted by Gasteiger charge is 2.15. The minimum absolute atomic E-state index is 0.253. The van der Waals surface area contributed by atoms with Crippen molar-refractivity contribution in [1.29, 1.82) is 0 Å². The molecule has 0 amide bonds. The molecule has 16 heavy (non-hydrogen) atoms. The lowest BCUT2D eigenvalue weighted by molar-refractivity contribution is -0.437. The summed E-state index contributed by atoms with van der Waals surface area (Å²) in [4.78, 5) is 10.6. The number of benzene rings is 1. The van der Waals surface area contributed by atoms with Crippen molar-refractivity contribution >= 4 is 5.97 Å². The van der Waals surface area contributed by atoms with Crippen LogP contribution in [-0.2, 0) is 11.2 Å². The van der Waals surface area contributed by atoms with E-state index in [2.05, 4.69) is 5.73 Å². The summed E-state index contributed by atoms with van der Waals surface area (Å²) in [5.41, 5.74) is 4.25. The van der Waals surface area contributed by atoms with Gasteiger partial charge in [0.15, 0.2) is 11.5 Å². The fraction of sp³-hybridized carbons (Fsp3) is 0.364. The lowest BCUT2D eigenvalue weighted by atomic mass is 10.1. The van der Waals surface area contributed by atoms with Crippen LogP contribution < -0.4 is 20.3 Å². The molecule has 3 N–H and O–H groups in total. The summed E-state index contributed by atoms with van der Waals surface area (Å²) in [6.45, 7) is 0. The second kappa shape index (κ2) is 5.37. The first-order chi connectivity index (χ1) is 7.60.